The van der Waals surface area contributed by atoms with Gasteiger partial charge in [-0.1, -0.05) is 17.7 Å². The summed E-state index contributed by atoms with van der Waals surface area (Å²) in [6, 6.07) is 7.08. The molecular weight excluding hydrogens is 505 g/mol. The number of halogens is 2. The summed E-state index contributed by atoms with van der Waals surface area (Å²) >= 11 is 7.95. The van der Waals surface area contributed by atoms with Crippen molar-refractivity contribution >= 4 is 29.3 Å². The Kier molecular flexibility index (Phi) is 7.93. The van der Waals surface area contributed by atoms with Gasteiger partial charge in [-0.05, 0) is 69.7 Å². The zero-order chi connectivity index (χ0) is 26.4. The lowest BCUT2D eigenvalue weighted by Gasteiger charge is -2.28. The molecule has 196 valence electrons. The number of rotatable bonds is 11. The van der Waals surface area contributed by atoms with Crippen LogP contribution in [0, 0.1) is 18.7 Å². The molecule has 2 aliphatic rings. The Morgan fingerprint density at radius 3 is 2.72 bits per heavy atom. The van der Waals surface area contributed by atoms with Gasteiger partial charge < -0.3 is 25.0 Å². The van der Waals surface area contributed by atoms with Crippen LogP contribution in [0.5, 0.6) is 5.75 Å². The van der Waals surface area contributed by atoms with E-state index < -0.39 is 24.1 Å². The minimum Gasteiger partial charge on any atom is -0.488 e. The molecule has 0 amide bonds. The number of carboxylic acid groups (broad SMARTS) is 1. The Hall–Kier alpha value is -1.84. The van der Waals surface area contributed by atoms with E-state index in [1.165, 1.54) is 11.8 Å². The predicted octanol–water partition coefficient (Wildman–Crippen LogP) is 5.12. The van der Waals surface area contributed by atoms with E-state index in [0.717, 1.165) is 22.3 Å². The Labute approximate surface area is 220 Å². The lowest BCUT2D eigenvalue weighted by Crippen LogP contribution is -2.46. The molecule has 4 rings (SSSR count). The number of thioether (sulfide) groups is 1. The summed E-state index contributed by atoms with van der Waals surface area (Å²) in [6.45, 7) is 8.10. The van der Waals surface area contributed by atoms with Gasteiger partial charge in [0.05, 0.1) is 18.8 Å². The van der Waals surface area contributed by atoms with Crippen molar-refractivity contribution in [1.82, 2.24) is 5.32 Å². The number of aryl methyl sites for hydroxylation is 1. The van der Waals surface area contributed by atoms with Crippen molar-refractivity contribution in [3.63, 3.8) is 0 Å². The van der Waals surface area contributed by atoms with Gasteiger partial charge in [0, 0.05) is 39.0 Å². The number of aliphatic hydroxyl groups is 1. The number of ether oxygens (including phenoxy) is 2. The highest BCUT2D eigenvalue weighted by atomic mass is 35.5. The normalized spacial score (nSPS) is 21.9. The summed E-state index contributed by atoms with van der Waals surface area (Å²) < 4.78 is 26.0. The highest BCUT2D eigenvalue weighted by molar-refractivity contribution is 7.98. The molecule has 3 N–H and O–H groups in total. The number of nitrogens with one attached hydrogen (secondary N) is 1. The fraction of sp³-hybridized carbons (Fsp3) is 0.519. The van der Waals surface area contributed by atoms with Crippen LogP contribution in [0.25, 0.3) is 0 Å². The highest BCUT2D eigenvalue weighted by Crippen LogP contribution is 2.62. The maximum absolute atomic E-state index is 14.1. The first kappa shape index (κ1) is 27.2. The topological polar surface area (TPSA) is 88.0 Å². The molecule has 1 aliphatic carbocycles. The fourth-order valence-corrected chi connectivity index (χ4v) is 5.96. The monoisotopic (exact) mass is 537 g/mol. The van der Waals surface area contributed by atoms with Crippen molar-refractivity contribution in [2.24, 2.45) is 5.92 Å². The summed E-state index contributed by atoms with van der Waals surface area (Å²) in [5, 5.41) is 23.9. The van der Waals surface area contributed by atoms with Gasteiger partial charge in [-0.15, -0.1) is 11.8 Å². The predicted molar refractivity (Wildman–Crippen MR) is 139 cm³/mol. The number of β-amino-alcohol motifs (C(OH)–C–C–N with tert-alkyl or cyclic N) is 1. The molecule has 0 saturated heterocycles. The van der Waals surface area contributed by atoms with Gasteiger partial charge in [0.1, 0.15) is 23.6 Å². The highest BCUT2D eigenvalue weighted by Gasteiger charge is 2.64. The zero-order valence-electron chi connectivity index (χ0n) is 21.1. The summed E-state index contributed by atoms with van der Waals surface area (Å²) in [5.74, 6) is -1.19. The fourth-order valence-electron chi connectivity index (χ4n) is 5.09. The van der Waals surface area contributed by atoms with Crippen LogP contribution in [0.3, 0.4) is 0 Å². The number of aliphatic carboxylic acids is 1. The van der Waals surface area contributed by atoms with Crippen molar-refractivity contribution < 1.29 is 28.9 Å². The SMILES string of the molecule is CSc1ccc(CC(C)(C)NC[C@@H](O)CO[C@H](C)c2c(Cl)cc(C)c3c2[C@@H]2[C@H](O3)[C@H]2C(=O)O)cc1F. The van der Waals surface area contributed by atoms with Crippen LogP contribution in [0.4, 0.5) is 4.39 Å². The third kappa shape index (κ3) is 5.53. The van der Waals surface area contributed by atoms with Crippen LogP contribution >= 0.6 is 23.4 Å². The lowest BCUT2D eigenvalue weighted by atomic mass is 9.94. The number of aliphatic hydroxyl groups excluding tert-OH is 1. The van der Waals surface area contributed by atoms with Gasteiger partial charge in [-0.25, -0.2) is 4.39 Å². The maximum atomic E-state index is 14.1. The molecule has 0 aromatic heterocycles. The molecule has 6 nitrogen and oxygen atoms in total. The minimum absolute atomic E-state index is 0.0670. The number of carbonyl (C=O) groups is 1. The van der Waals surface area contributed by atoms with E-state index in [0.29, 0.717) is 28.6 Å². The largest absolute Gasteiger partial charge is 0.488 e. The van der Waals surface area contributed by atoms with Crippen molar-refractivity contribution in [1.29, 1.82) is 0 Å². The summed E-state index contributed by atoms with van der Waals surface area (Å²) in [7, 11) is 0. The Morgan fingerprint density at radius 2 is 2.08 bits per heavy atom. The number of carboxylic acids is 1. The third-order valence-corrected chi connectivity index (χ3v) is 8.03. The minimum atomic E-state index is -0.875. The number of benzene rings is 2. The molecule has 1 heterocycles. The van der Waals surface area contributed by atoms with E-state index in [1.807, 2.05) is 46.1 Å². The van der Waals surface area contributed by atoms with Crippen molar-refractivity contribution in [3.8, 4) is 5.75 Å². The van der Waals surface area contributed by atoms with Crippen LogP contribution in [-0.2, 0) is 16.0 Å². The zero-order valence-corrected chi connectivity index (χ0v) is 22.7. The molecule has 1 saturated carbocycles. The molecule has 1 aliphatic heterocycles. The van der Waals surface area contributed by atoms with Gasteiger partial charge in [0.15, 0.2) is 0 Å². The van der Waals surface area contributed by atoms with E-state index in [9.17, 15) is 19.4 Å². The number of hydrogen-bond acceptors (Lipinski definition) is 6. The second-order valence-electron chi connectivity index (χ2n) is 10.3. The second-order valence-corrected chi connectivity index (χ2v) is 11.6. The molecular formula is C27H33ClFNO5S. The van der Waals surface area contributed by atoms with Crippen LogP contribution < -0.4 is 10.1 Å². The maximum Gasteiger partial charge on any atom is 0.311 e. The molecule has 36 heavy (non-hydrogen) atoms. The molecule has 1 fully saturated rings. The molecule has 2 aromatic carbocycles. The molecule has 5 atom stereocenters. The molecule has 2 aromatic rings. The van der Waals surface area contributed by atoms with Crippen LogP contribution in [0.15, 0.2) is 29.2 Å². The van der Waals surface area contributed by atoms with Gasteiger partial charge in [0.25, 0.3) is 0 Å². The quantitative estimate of drug-likeness (QED) is 0.343. The molecule has 9 heteroatoms. The summed E-state index contributed by atoms with van der Waals surface area (Å²) in [5.41, 5.74) is 2.93. The van der Waals surface area contributed by atoms with Gasteiger partial charge in [-0.3, -0.25) is 4.79 Å². The molecule has 0 unspecified atom stereocenters. The Morgan fingerprint density at radius 1 is 1.36 bits per heavy atom. The van der Waals surface area contributed by atoms with Crippen molar-refractivity contribution in [2.75, 3.05) is 19.4 Å². The van der Waals surface area contributed by atoms with Gasteiger partial charge >= 0.3 is 5.97 Å². The van der Waals surface area contributed by atoms with Crippen LogP contribution in [0.2, 0.25) is 5.02 Å². The third-order valence-electron chi connectivity index (χ3n) is 6.94. The van der Waals surface area contributed by atoms with Crippen LogP contribution in [-0.4, -0.2) is 53.3 Å². The first-order chi connectivity index (χ1) is 16.9. The Balaban J connectivity index is 1.34. The standard InChI is InChI=1S/C27H33ClFNO5S/c1-13-8-17(28)20(21-22-23(26(32)33)25(22)35-24(13)21)14(2)34-12-16(31)11-30-27(3,4)10-15-6-7-19(36-5)18(29)9-15/h6-9,14,16,22-23,25,30-31H,10-12H2,1-5H3,(H,32,33)/t14-,16-,22+,23+,25+/m1/s1. The van der Waals surface area contributed by atoms with Crippen LogP contribution in [0.1, 0.15) is 55.0 Å². The average Bonchev–Trinajstić information content (AvgIpc) is 3.39. The van der Waals surface area contributed by atoms with Gasteiger partial charge in [0.2, 0.25) is 0 Å². The molecule has 0 bridgehead atoms. The van der Waals surface area contributed by atoms with E-state index in [1.54, 1.807) is 12.1 Å². The number of fused-ring (bicyclic) bond motifs is 3. The van der Waals surface area contributed by atoms with E-state index in [2.05, 4.69) is 5.32 Å². The average molecular weight is 538 g/mol. The molecule has 0 spiro atoms. The van der Waals surface area contributed by atoms with Crippen molar-refractivity contribution in [3.05, 3.63) is 57.4 Å². The first-order valence-corrected chi connectivity index (χ1v) is 13.6. The first-order valence-electron chi connectivity index (χ1n) is 12.0. The van der Waals surface area contributed by atoms with E-state index in [4.69, 9.17) is 21.1 Å². The second kappa shape index (κ2) is 10.5. The van der Waals surface area contributed by atoms with Gasteiger partial charge in [-0.2, -0.15) is 0 Å². The molecule has 0 radical (unpaired) electrons. The van der Waals surface area contributed by atoms with Crippen molar-refractivity contribution in [2.45, 2.75) is 68.8 Å². The smallest absolute Gasteiger partial charge is 0.311 e. The Bertz CT molecular complexity index is 1160. The summed E-state index contributed by atoms with van der Waals surface area (Å²) in [6.07, 6.45) is 0.849. The lowest BCUT2D eigenvalue weighted by molar-refractivity contribution is -0.139. The van der Waals surface area contributed by atoms with E-state index >= 15 is 0 Å². The summed E-state index contributed by atoms with van der Waals surface area (Å²) in [4.78, 5) is 12.2. The number of hydrogen-bond donors (Lipinski definition) is 3. The van der Waals surface area contributed by atoms with E-state index in [-0.39, 0.29) is 30.0 Å².